The summed E-state index contributed by atoms with van der Waals surface area (Å²) in [6.45, 7) is 3.49. The molecule has 1 aromatic rings. The molecule has 0 atom stereocenters. The van der Waals surface area contributed by atoms with Crippen molar-refractivity contribution in [2.45, 2.75) is 6.54 Å². The molecule has 1 aromatic heterocycles. The number of carbonyl (C=O) groups is 2. The van der Waals surface area contributed by atoms with Crippen LogP contribution in [0.3, 0.4) is 0 Å². The molecule has 0 unspecified atom stereocenters. The van der Waals surface area contributed by atoms with Gasteiger partial charge in [-0.15, -0.1) is 0 Å². The fraction of sp³-hybridized carbons (Fsp3) is 0.462. The quantitative estimate of drug-likeness (QED) is 0.809. The Balaban J connectivity index is 1.75. The number of rotatable bonds is 4. The molecule has 7 nitrogen and oxygen atoms in total. The van der Waals surface area contributed by atoms with E-state index in [4.69, 9.17) is 5.11 Å². The molecule has 20 heavy (non-hydrogen) atoms. The molecule has 0 saturated carbocycles. The Labute approximate surface area is 117 Å². The van der Waals surface area contributed by atoms with Crippen LogP contribution in [0, 0.1) is 0 Å². The summed E-state index contributed by atoms with van der Waals surface area (Å²) in [5.74, 6) is -0.173. The van der Waals surface area contributed by atoms with Gasteiger partial charge in [-0.25, -0.2) is 4.79 Å². The molecule has 1 saturated heterocycles. The van der Waals surface area contributed by atoms with E-state index in [2.05, 4.69) is 15.2 Å². The summed E-state index contributed by atoms with van der Waals surface area (Å²) < 4.78 is 0. The number of nitrogens with zero attached hydrogens (tertiary/aromatic N) is 3. The molecule has 108 valence electrons. The molecule has 0 bridgehead atoms. The van der Waals surface area contributed by atoms with Gasteiger partial charge in [0.2, 0.25) is 5.91 Å². The largest absolute Gasteiger partial charge is 0.465 e. The third-order valence-electron chi connectivity index (χ3n) is 3.24. The van der Waals surface area contributed by atoms with Crippen molar-refractivity contribution >= 4 is 12.0 Å². The molecule has 7 heteroatoms. The molecule has 1 aliphatic rings. The van der Waals surface area contributed by atoms with Crippen LogP contribution in [0.1, 0.15) is 5.56 Å². The Morgan fingerprint density at radius 3 is 2.65 bits per heavy atom. The van der Waals surface area contributed by atoms with Crippen molar-refractivity contribution in [2.75, 3.05) is 32.7 Å². The second kappa shape index (κ2) is 6.85. The number of hydrogen-bond donors (Lipinski definition) is 2. The minimum absolute atomic E-state index is 0.155. The lowest BCUT2D eigenvalue weighted by Gasteiger charge is -2.34. The normalized spacial score (nSPS) is 15.9. The van der Waals surface area contributed by atoms with Crippen LogP contribution in [0.4, 0.5) is 4.79 Å². The van der Waals surface area contributed by atoms with Crippen LogP contribution in [0.25, 0.3) is 0 Å². The monoisotopic (exact) mass is 278 g/mol. The second-order valence-corrected chi connectivity index (χ2v) is 4.68. The fourth-order valence-electron chi connectivity index (χ4n) is 2.17. The van der Waals surface area contributed by atoms with Gasteiger partial charge >= 0.3 is 6.09 Å². The Bertz CT molecular complexity index is 458. The lowest BCUT2D eigenvalue weighted by molar-refractivity contribution is -0.131. The predicted molar refractivity (Wildman–Crippen MR) is 72.1 cm³/mol. The lowest BCUT2D eigenvalue weighted by atomic mass is 10.2. The van der Waals surface area contributed by atoms with E-state index in [1.807, 2.05) is 18.3 Å². The molecule has 1 aliphatic heterocycles. The molecule has 2 heterocycles. The summed E-state index contributed by atoms with van der Waals surface area (Å²) in [5.41, 5.74) is 1.15. The SMILES string of the molecule is O=C(O)NCC(=O)N1CCN(Cc2cccnc2)CC1. The first-order valence-corrected chi connectivity index (χ1v) is 6.51. The Kier molecular flexibility index (Phi) is 4.89. The van der Waals surface area contributed by atoms with Crippen molar-refractivity contribution < 1.29 is 14.7 Å². The first-order valence-electron chi connectivity index (χ1n) is 6.51. The third kappa shape index (κ3) is 4.20. The topological polar surface area (TPSA) is 85.8 Å². The van der Waals surface area contributed by atoms with E-state index in [1.165, 1.54) is 0 Å². The highest BCUT2D eigenvalue weighted by Crippen LogP contribution is 2.07. The predicted octanol–water partition coefficient (Wildman–Crippen LogP) is -0.00660. The van der Waals surface area contributed by atoms with E-state index in [-0.39, 0.29) is 12.5 Å². The summed E-state index contributed by atoms with van der Waals surface area (Å²) in [6, 6.07) is 3.94. The molecule has 2 rings (SSSR count). The molecule has 0 radical (unpaired) electrons. The van der Waals surface area contributed by atoms with Gasteiger partial charge in [-0.05, 0) is 11.6 Å². The van der Waals surface area contributed by atoms with Crippen LogP contribution in [-0.4, -0.2) is 64.6 Å². The average Bonchev–Trinajstić information content (AvgIpc) is 2.46. The van der Waals surface area contributed by atoms with E-state index in [1.54, 1.807) is 11.1 Å². The molecule has 0 aliphatic carbocycles. The van der Waals surface area contributed by atoms with Gasteiger partial charge in [-0.3, -0.25) is 14.7 Å². The van der Waals surface area contributed by atoms with Crippen LogP contribution in [0.15, 0.2) is 24.5 Å². The maximum absolute atomic E-state index is 11.7. The highest BCUT2D eigenvalue weighted by molar-refractivity contribution is 5.81. The van der Waals surface area contributed by atoms with Crippen molar-refractivity contribution in [1.82, 2.24) is 20.1 Å². The van der Waals surface area contributed by atoms with Crippen molar-refractivity contribution in [3.8, 4) is 0 Å². The number of carbonyl (C=O) groups excluding carboxylic acids is 1. The third-order valence-corrected chi connectivity index (χ3v) is 3.24. The van der Waals surface area contributed by atoms with Gasteiger partial charge in [-0.2, -0.15) is 0 Å². The lowest BCUT2D eigenvalue weighted by Crippen LogP contribution is -2.50. The summed E-state index contributed by atoms with van der Waals surface area (Å²) in [5, 5.41) is 10.6. The van der Waals surface area contributed by atoms with Gasteiger partial charge in [-0.1, -0.05) is 6.07 Å². The Morgan fingerprint density at radius 1 is 1.30 bits per heavy atom. The summed E-state index contributed by atoms with van der Waals surface area (Å²) in [4.78, 5) is 30.1. The molecular formula is C13H18N4O3. The Hall–Kier alpha value is -2.15. The van der Waals surface area contributed by atoms with Crippen LogP contribution < -0.4 is 5.32 Å². The molecular weight excluding hydrogens is 260 g/mol. The maximum Gasteiger partial charge on any atom is 0.405 e. The standard InChI is InChI=1S/C13H18N4O3/c18-12(9-15-13(19)20)17-6-4-16(5-7-17)10-11-2-1-3-14-8-11/h1-3,8,15H,4-7,9-10H2,(H,19,20). The van der Waals surface area contributed by atoms with Crippen LogP contribution in [0.2, 0.25) is 0 Å². The Morgan fingerprint density at radius 2 is 2.05 bits per heavy atom. The van der Waals surface area contributed by atoms with Crippen molar-refractivity contribution in [1.29, 1.82) is 0 Å². The fourth-order valence-corrected chi connectivity index (χ4v) is 2.17. The van der Waals surface area contributed by atoms with E-state index in [0.29, 0.717) is 13.1 Å². The zero-order chi connectivity index (χ0) is 14.4. The van der Waals surface area contributed by atoms with Crippen molar-refractivity contribution in [3.05, 3.63) is 30.1 Å². The van der Waals surface area contributed by atoms with Crippen LogP contribution in [-0.2, 0) is 11.3 Å². The number of pyridine rings is 1. The first kappa shape index (κ1) is 14.3. The molecule has 2 N–H and O–H groups in total. The minimum Gasteiger partial charge on any atom is -0.465 e. The zero-order valence-corrected chi connectivity index (χ0v) is 11.2. The number of nitrogens with one attached hydrogen (secondary N) is 1. The van der Waals surface area contributed by atoms with E-state index in [0.717, 1.165) is 25.2 Å². The second-order valence-electron chi connectivity index (χ2n) is 4.68. The average molecular weight is 278 g/mol. The van der Waals surface area contributed by atoms with Gasteiger partial charge in [0.15, 0.2) is 0 Å². The van der Waals surface area contributed by atoms with Crippen LogP contribution >= 0.6 is 0 Å². The maximum atomic E-state index is 11.7. The summed E-state index contributed by atoms with van der Waals surface area (Å²) >= 11 is 0. The summed E-state index contributed by atoms with van der Waals surface area (Å²) in [7, 11) is 0. The van der Waals surface area contributed by atoms with Crippen LogP contribution in [0.5, 0.6) is 0 Å². The van der Waals surface area contributed by atoms with E-state index in [9.17, 15) is 9.59 Å². The van der Waals surface area contributed by atoms with Crippen molar-refractivity contribution in [2.24, 2.45) is 0 Å². The number of carboxylic acid groups (broad SMARTS) is 1. The van der Waals surface area contributed by atoms with Gasteiger partial charge in [0.25, 0.3) is 0 Å². The number of piperazine rings is 1. The van der Waals surface area contributed by atoms with Gasteiger partial charge in [0, 0.05) is 45.1 Å². The highest BCUT2D eigenvalue weighted by atomic mass is 16.4. The number of amides is 2. The molecule has 0 aromatic carbocycles. The van der Waals surface area contributed by atoms with Gasteiger partial charge < -0.3 is 15.3 Å². The summed E-state index contributed by atoms with van der Waals surface area (Å²) in [6.07, 6.45) is 2.41. The van der Waals surface area contributed by atoms with E-state index >= 15 is 0 Å². The molecule has 1 fully saturated rings. The first-order chi connectivity index (χ1) is 9.65. The smallest absolute Gasteiger partial charge is 0.405 e. The molecule has 2 amide bonds. The minimum atomic E-state index is -1.17. The number of hydrogen-bond acceptors (Lipinski definition) is 4. The van der Waals surface area contributed by atoms with E-state index < -0.39 is 6.09 Å². The highest BCUT2D eigenvalue weighted by Gasteiger charge is 2.21. The number of aromatic nitrogens is 1. The van der Waals surface area contributed by atoms with Crippen molar-refractivity contribution in [3.63, 3.8) is 0 Å². The van der Waals surface area contributed by atoms with Gasteiger partial charge in [0.05, 0.1) is 0 Å². The van der Waals surface area contributed by atoms with Gasteiger partial charge in [0.1, 0.15) is 6.54 Å². The molecule has 0 spiro atoms. The zero-order valence-electron chi connectivity index (χ0n) is 11.2.